The molecular weight excluding hydrogens is 158 g/mol. The van der Waals surface area contributed by atoms with Gasteiger partial charge in [0.1, 0.15) is 6.61 Å². The number of hydrogen-bond donors (Lipinski definition) is 0. The summed E-state index contributed by atoms with van der Waals surface area (Å²) in [7, 11) is 0. The van der Waals surface area contributed by atoms with Crippen molar-refractivity contribution < 1.29 is 14.3 Å². The summed E-state index contributed by atoms with van der Waals surface area (Å²) in [6, 6.07) is 0. The standard InChI is InChI=1S/C8H13NO3/c1-3-4-9(7-10)5-6-12-8(2)11/h3,7H,1,4-6H2,2H3. The van der Waals surface area contributed by atoms with Crippen molar-refractivity contribution in [1.82, 2.24) is 4.90 Å². The summed E-state index contributed by atoms with van der Waals surface area (Å²) in [5.41, 5.74) is 0. The largest absolute Gasteiger partial charge is 0.464 e. The van der Waals surface area contributed by atoms with Gasteiger partial charge in [0.2, 0.25) is 6.41 Å². The minimum absolute atomic E-state index is 0.238. The number of nitrogens with zero attached hydrogens (tertiary/aromatic N) is 1. The molecule has 0 unspecified atom stereocenters. The van der Waals surface area contributed by atoms with Crippen LogP contribution in [0.3, 0.4) is 0 Å². The van der Waals surface area contributed by atoms with Crippen LogP contribution in [0.1, 0.15) is 6.92 Å². The average Bonchev–Trinajstić information content (AvgIpc) is 2.02. The molecule has 4 nitrogen and oxygen atoms in total. The number of hydrogen-bond acceptors (Lipinski definition) is 3. The first-order chi connectivity index (χ1) is 5.70. The first kappa shape index (κ1) is 10.7. The van der Waals surface area contributed by atoms with E-state index in [1.54, 1.807) is 6.08 Å². The van der Waals surface area contributed by atoms with Crippen molar-refractivity contribution in [2.24, 2.45) is 0 Å². The van der Waals surface area contributed by atoms with Gasteiger partial charge >= 0.3 is 5.97 Å². The number of esters is 1. The molecule has 1 amide bonds. The molecule has 0 aliphatic rings. The van der Waals surface area contributed by atoms with Crippen molar-refractivity contribution >= 4 is 12.4 Å². The molecule has 0 saturated heterocycles. The van der Waals surface area contributed by atoms with Gasteiger partial charge < -0.3 is 9.64 Å². The number of carbonyl (C=O) groups is 2. The van der Waals surface area contributed by atoms with Crippen LogP contribution in [0.4, 0.5) is 0 Å². The Kier molecular flexibility index (Phi) is 5.69. The molecule has 0 atom stereocenters. The zero-order valence-electron chi connectivity index (χ0n) is 7.16. The molecule has 0 aliphatic carbocycles. The molecule has 68 valence electrons. The first-order valence-electron chi connectivity index (χ1n) is 3.64. The summed E-state index contributed by atoms with van der Waals surface area (Å²) in [6.07, 6.45) is 2.31. The third kappa shape index (κ3) is 5.46. The molecule has 0 aromatic heterocycles. The van der Waals surface area contributed by atoms with Gasteiger partial charge in [-0.05, 0) is 0 Å². The van der Waals surface area contributed by atoms with Crippen LogP contribution in [0.25, 0.3) is 0 Å². The van der Waals surface area contributed by atoms with E-state index in [9.17, 15) is 9.59 Å². The molecule has 0 spiro atoms. The maximum Gasteiger partial charge on any atom is 0.302 e. The van der Waals surface area contributed by atoms with E-state index in [-0.39, 0.29) is 12.6 Å². The van der Waals surface area contributed by atoms with Crippen LogP contribution in [0.15, 0.2) is 12.7 Å². The van der Waals surface area contributed by atoms with Gasteiger partial charge in [-0.3, -0.25) is 9.59 Å². The van der Waals surface area contributed by atoms with Crippen LogP contribution >= 0.6 is 0 Å². The zero-order chi connectivity index (χ0) is 9.40. The number of carbonyl (C=O) groups excluding carboxylic acids is 2. The second-order valence-electron chi connectivity index (χ2n) is 2.23. The third-order valence-electron chi connectivity index (χ3n) is 1.20. The summed E-state index contributed by atoms with van der Waals surface area (Å²) in [5.74, 6) is -0.334. The van der Waals surface area contributed by atoms with Gasteiger partial charge in [0.05, 0.1) is 6.54 Å². The molecule has 0 heterocycles. The van der Waals surface area contributed by atoms with E-state index < -0.39 is 0 Å². The van der Waals surface area contributed by atoms with Crippen LogP contribution in [-0.4, -0.2) is 37.0 Å². The monoisotopic (exact) mass is 171 g/mol. The Balaban J connectivity index is 3.50. The highest BCUT2D eigenvalue weighted by atomic mass is 16.5. The minimum atomic E-state index is -0.334. The van der Waals surface area contributed by atoms with Gasteiger partial charge in [0.25, 0.3) is 0 Å². The maximum absolute atomic E-state index is 10.3. The van der Waals surface area contributed by atoms with Crippen LogP contribution < -0.4 is 0 Å². The highest BCUT2D eigenvalue weighted by Crippen LogP contribution is 1.84. The van der Waals surface area contributed by atoms with Crippen molar-refractivity contribution in [2.45, 2.75) is 6.92 Å². The van der Waals surface area contributed by atoms with E-state index in [0.717, 1.165) is 0 Å². The molecule has 4 heteroatoms. The first-order valence-corrected chi connectivity index (χ1v) is 3.64. The second-order valence-corrected chi connectivity index (χ2v) is 2.23. The fourth-order valence-corrected chi connectivity index (χ4v) is 0.659. The summed E-state index contributed by atoms with van der Waals surface area (Å²) in [6.45, 7) is 5.94. The fraction of sp³-hybridized carbons (Fsp3) is 0.500. The van der Waals surface area contributed by atoms with Crippen molar-refractivity contribution in [3.05, 3.63) is 12.7 Å². The summed E-state index contributed by atoms with van der Waals surface area (Å²) >= 11 is 0. The lowest BCUT2D eigenvalue weighted by molar-refractivity contribution is -0.142. The lowest BCUT2D eigenvalue weighted by Gasteiger charge is -2.13. The van der Waals surface area contributed by atoms with Crippen LogP contribution in [0.2, 0.25) is 0 Å². The number of ether oxygens (including phenoxy) is 1. The van der Waals surface area contributed by atoms with Gasteiger partial charge in [-0.25, -0.2) is 0 Å². The fourth-order valence-electron chi connectivity index (χ4n) is 0.659. The average molecular weight is 171 g/mol. The Morgan fingerprint density at radius 2 is 2.33 bits per heavy atom. The SMILES string of the molecule is C=CCN(C=O)CCOC(C)=O. The number of rotatable bonds is 6. The van der Waals surface area contributed by atoms with Gasteiger partial charge in [-0.2, -0.15) is 0 Å². The normalized spacial score (nSPS) is 8.75. The minimum Gasteiger partial charge on any atom is -0.464 e. The van der Waals surface area contributed by atoms with E-state index in [0.29, 0.717) is 19.5 Å². The van der Waals surface area contributed by atoms with Crippen LogP contribution in [0, 0.1) is 0 Å². The zero-order valence-corrected chi connectivity index (χ0v) is 7.16. The number of amides is 1. The lowest BCUT2D eigenvalue weighted by Crippen LogP contribution is -2.26. The van der Waals surface area contributed by atoms with E-state index >= 15 is 0 Å². The topological polar surface area (TPSA) is 46.6 Å². The third-order valence-corrected chi connectivity index (χ3v) is 1.20. The molecular formula is C8H13NO3. The Morgan fingerprint density at radius 3 is 2.75 bits per heavy atom. The predicted molar refractivity (Wildman–Crippen MR) is 44.5 cm³/mol. The van der Waals surface area contributed by atoms with E-state index in [1.807, 2.05) is 0 Å². The molecule has 0 radical (unpaired) electrons. The molecule has 0 fully saturated rings. The second kappa shape index (κ2) is 6.39. The highest BCUT2D eigenvalue weighted by Gasteiger charge is 1.99. The molecule has 12 heavy (non-hydrogen) atoms. The molecule has 0 N–H and O–H groups in total. The van der Waals surface area contributed by atoms with Crippen molar-refractivity contribution in [3.63, 3.8) is 0 Å². The Labute approximate surface area is 71.8 Å². The van der Waals surface area contributed by atoms with Gasteiger partial charge in [-0.15, -0.1) is 6.58 Å². The van der Waals surface area contributed by atoms with Crippen molar-refractivity contribution in [2.75, 3.05) is 19.7 Å². The summed E-state index contributed by atoms with van der Waals surface area (Å²) < 4.78 is 4.65. The highest BCUT2D eigenvalue weighted by molar-refractivity contribution is 5.65. The maximum atomic E-state index is 10.3. The summed E-state index contributed by atoms with van der Waals surface area (Å²) in [4.78, 5) is 22.1. The molecule has 0 aromatic rings. The van der Waals surface area contributed by atoms with Gasteiger partial charge in [-0.1, -0.05) is 6.08 Å². The van der Waals surface area contributed by atoms with E-state index in [2.05, 4.69) is 11.3 Å². The van der Waals surface area contributed by atoms with E-state index in [1.165, 1.54) is 11.8 Å². The van der Waals surface area contributed by atoms with Crippen molar-refractivity contribution in [3.8, 4) is 0 Å². The smallest absolute Gasteiger partial charge is 0.302 e. The van der Waals surface area contributed by atoms with Crippen LogP contribution in [0.5, 0.6) is 0 Å². The molecule has 0 bridgehead atoms. The molecule has 0 saturated carbocycles. The molecule has 0 rings (SSSR count). The Morgan fingerprint density at radius 1 is 1.67 bits per heavy atom. The quantitative estimate of drug-likeness (QED) is 0.325. The lowest BCUT2D eigenvalue weighted by atomic mass is 10.5. The predicted octanol–water partition coefficient (Wildman–Crippen LogP) is 0.194. The molecule has 0 aliphatic heterocycles. The van der Waals surface area contributed by atoms with Crippen LogP contribution in [-0.2, 0) is 14.3 Å². The van der Waals surface area contributed by atoms with E-state index in [4.69, 9.17) is 0 Å². The van der Waals surface area contributed by atoms with Gasteiger partial charge in [0.15, 0.2) is 0 Å². The Hall–Kier alpha value is -1.32. The van der Waals surface area contributed by atoms with Crippen molar-refractivity contribution in [1.29, 1.82) is 0 Å². The Bertz CT molecular complexity index is 168. The molecule has 0 aromatic carbocycles. The van der Waals surface area contributed by atoms with Gasteiger partial charge in [0, 0.05) is 13.5 Å². The summed E-state index contributed by atoms with van der Waals surface area (Å²) in [5, 5.41) is 0.